The van der Waals surface area contributed by atoms with Crippen molar-refractivity contribution in [3.63, 3.8) is 0 Å². The maximum absolute atomic E-state index is 11.7. The van der Waals surface area contributed by atoms with E-state index in [-0.39, 0.29) is 18.2 Å². The normalized spacial score (nSPS) is 16.6. The summed E-state index contributed by atoms with van der Waals surface area (Å²) in [6.07, 6.45) is 5.10. The van der Waals surface area contributed by atoms with Crippen LogP contribution in [-0.4, -0.2) is 28.6 Å². The van der Waals surface area contributed by atoms with E-state index in [1.54, 1.807) is 18.2 Å². The molecular weight excluding hydrogens is 258 g/mol. The molecule has 1 aliphatic rings. The van der Waals surface area contributed by atoms with Crippen molar-refractivity contribution in [1.82, 2.24) is 5.32 Å². The first-order valence-corrected chi connectivity index (χ1v) is 6.50. The zero-order valence-electron chi connectivity index (χ0n) is 11.0. The Hall–Kier alpha value is -2.30. The molecule has 0 aromatic heterocycles. The fourth-order valence-corrected chi connectivity index (χ4v) is 2.14. The number of carboxylic acids is 1. The van der Waals surface area contributed by atoms with Crippen LogP contribution in [0.4, 0.5) is 0 Å². The van der Waals surface area contributed by atoms with Gasteiger partial charge in [0.25, 0.3) is 0 Å². The Bertz CT molecular complexity index is 529. The van der Waals surface area contributed by atoms with Crippen molar-refractivity contribution in [2.75, 3.05) is 6.54 Å². The monoisotopic (exact) mass is 275 g/mol. The van der Waals surface area contributed by atoms with Crippen LogP contribution in [0.1, 0.15) is 24.8 Å². The average molecular weight is 275 g/mol. The highest BCUT2D eigenvalue weighted by Crippen LogP contribution is 2.40. The largest absolute Gasteiger partial charge is 0.508 e. The molecule has 106 valence electrons. The summed E-state index contributed by atoms with van der Waals surface area (Å²) in [5, 5.41) is 20.9. The molecule has 0 aliphatic heterocycles. The van der Waals surface area contributed by atoms with Crippen LogP contribution in [0.3, 0.4) is 0 Å². The molecule has 0 heterocycles. The Kier molecular flexibility index (Phi) is 4.08. The minimum absolute atomic E-state index is 0.167. The number of carbonyl (C=O) groups is 2. The minimum atomic E-state index is -0.841. The zero-order chi connectivity index (χ0) is 14.6. The fourth-order valence-electron chi connectivity index (χ4n) is 2.14. The van der Waals surface area contributed by atoms with Gasteiger partial charge in [0.15, 0.2) is 0 Å². The van der Waals surface area contributed by atoms with Crippen LogP contribution in [0.25, 0.3) is 6.08 Å². The Balaban J connectivity index is 1.86. The molecule has 20 heavy (non-hydrogen) atoms. The Morgan fingerprint density at radius 1 is 1.25 bits per heavy atom. The number of amides is 1. The fraction of sp³-hybridized carbons (Fsp3) is 0.333. The number of carbonyl (C=O) groups excluding carboxylic acids is 1. The number of hydrogen-bond donors (Lipinski definition) is 3. The van der Waals surface area contributed by atoms with E-state index < -0.39 is 11.4 Å². The molecule has 2 rings (SSSR count). The molecule has 1 amide bonds. The zero-order valence-corrected chi connectivity index (χ0v) is 11.0. The third-order valence-corrected chi connectivity index (χ3v) is 3.69. The number of nitrogens with one attached hydrogen (secondary N) is 1. The van der Waals surface area contributed by atoms with Crippen molar-refractivity contribution in [2.45, 2.75) is 19.3 Å². The number of phenolic OH excluding ortho intramolecular Hbond substituents is 1. The van der Waals surface area contributed by atoms with Gasteiger partial charge in [0.2, 0.25) is 5.91 Å². The second-order valence-electron chi connectivity index (χ2n) is 5.08. The van der Waals surface area contributed by atoms with Gasteiger partial charge in [-0.25, -0.2) is 0 Å². The number of aromatic hydroxyl groups is 1. The lowest BCUT2D eigenvalue weighted by molar-refractivity contribution is -0.154. The van der Waals surface area contributed by atoms with Crippen LogP contribution in [-0.2, 0) is 9.59 Å². The summed E-state index contributed by atoms with van der Waals surface area (Å²) < 4.78 is 0. The number of rotatable bonds is 5. The number of carboxylic acid groups (broad SMARTS) is 1. The summed E-state index contributed by atoms with van der Waals surface area (Å²) in [6.45, 7) is 0.168. The van der Waals surface area contributed by atoms with Crippen molar-refractivity contribution in [1.29, 1.82) is 0 Å². The number of hydrogen-bond acceptors (Lipinski definition) is 3. The van der Waals surface area contributed by atoms with E-state index in [0.29, 0.717) is 12.8 Å². The molecule has 0 atom stereocenters. The molecule has 3 N–H and O–H groups in total. The van der Waals surface area contributed by atoms with Crippen LogP contribution >= 0.6 is 0 Å². The van der Waals surface area contributed by atoms with Crippen molar-refractivity contribution < 1.29 is 19.8 Å². The Morgan fingerprint density at radius 3 is 2.40 bits per heavy atom. The second-order valence-corrected chi connectivity index (χ2v) is 5.08. The standard InChI is InChI=1S/C15H17NO4/c17-12-5-2-11(3-6-12)4-7-13(18)16-10-15(14(19)20)8-1-9-15/h2-7,17H,1,8-10H2,(H,16,18)(H,19,20)/b7-4+. The summed E-state index contributed by atoms with van der Waals surface area (Å²) in [5.74, 6) is -0.989. The van der Waals surface area contributed by atoms with Crippen molar-refractivity contribution in [3.05, 3.63) is 35.9 Å². The molecule has 1 fully saturated rings. The van der Waals surface area contributed by atoms with Gasteiger partial charge in [-0.3, -0.25) is 9.59 Å². The Morgan fingerprint density at radius 2 is 1.90 bits per heavy atom. The van der Waals surface area contributed by atoms with E-state index in [0.717, 1.165) is 12.0 Å². The molecular formula is C15H17NO4. The van der Waals surface area contributed by atoms with Crippen LogP contribution in [0.15, 0.2) is 30.3 Å². The molecule has 0 saturated heterocycles. The van der Waals surface area contributed by atoms with Crippen molar-refractivity contribution in [2.24, 2.45) is 5.41 Å². The van der Waals surface area contributed by atoms with E-state index in [1.165, 1.54) is 18.2 Å². The molecule has 5 heteroatoms. The van der Waals surface area contributed by atoms with Crippen molar-refractivity contribution in [3.8, 4) is 5.75 Å². The van der Waals surface area contributed by atoms with E-state index in [9.17, 15) is 9.59 Å². The smallest absolute Gasteiger partial charge is 0.311 e. The van der Waals surface area contributed by atoms with Gasteiger partial charge in [-0.05, 0) is 36.6 Å². The van der Waals surface area contributed by atoms with E-state index in [4.69, 9.17) is 10.2 Å². The highest BCUT2D eigenvalue weighted by atomic mass is 16.4. The van der Waals surface area contributed by atoms with Gasteiger partial charge < -0.3 is 15.5 Å². The van der Waals surface area contributed by atoms with Gasteiger partial charge >= 0.3 is 5.97 Å². The predicted molar refractivity (Wildman–Crippen MR) is 74.1 cm³/mol. The summed E-state index contributed by atoms with van der Waals surface area (Å²) in [7, 11) is 0. The molecule has 1 aliphatic carbocycles. The molecule has 1 saturated carbocycles. The van der Waals surface area contributed by atoms with Gasteiger partial charge in [0.05, 0.1) is 5.41 Å². The van der Waals surface area contributed by atoms with Gasteiger partial charge in [0, 0.05) is 12.6 Å². The third-order valence-electron chi connectivity index (χ3n) is 3.69. The number of benzene rings is 1. The van der Waals surface area contributed by atoms with Gasteiger partial charge in [-0.1, -0.05) is 18.6 Å². The highest BCUT2D eigenvalue weighted by Gasteiger charge is 2.44. The first kappa shape index (κ1) is 14.1. The molecule has 1 aromatic carbocycles. The second kappa shape index (κ2) is 5.77. The topological polar surface area (TPSA) is 86.6 Å². The van der Waals surface area contributed by atoms with E-state index in [1.807, 2.05) is 0 Å². The van der Waals surface area contributed by atoms with Gasteiger partial charge in [0.1, 0.15) is 5.75 Å². The maximum atomic E-state index is 11.7. The summed E-state index contributed by atoms with van der Waals surface area (Å²) >= 11 is 0. The molecule has 0 radical (unpaired) electrons. The van der Waals surface area contributed by atoms with Crippen LogP contribution in [0, 0.1) is 5.41 Å². The quantitative estimate of drug-likeness (QED) is 0.715. The lowest BCUT2D eigenvalue weighted by atomic mass is 9.69. The average Bonchev–Trinajstić information content (AvgIpc) is 2.36. The van der Waals surface area contributed by atoms with E-state index >= 15 is 0 Å². The molecule has 0 unspecified atom stereocenters. The molecule has 0 bridgehead atoms. The van der Waals surface area contributed by atoms with Gasteiger partial charge in [-0.15, -0.1) is 0 Å². The Labute approximate surface area is 116 Å². The SMILES string of the molecule is O=C(/C=C/c1ccc(O)cc1)NCC1(C(=O)O)CCC1. The molecule has 0 spiro atoms. The van der Waals surface area contributed by atoms with Crippen LogP contribution in [0.5, 0.6) is 5.75 Å². The number of aliphatic carboxylic acids is 1. The first-order chi connectivity index (χ1) is 9.52. The predicted octanol–water partition coefficient (Wildman–Crippen LogP) is 1.78. The van der Waals surface area contributed by atoms with Crippen LogP contribution < -0.4 is 5.32 Å². The summed E-state index contributed by atoms with van der Waals surface area (Å²) in [5.41, 5.74) is 0.0109. The van der Waals surface area contributed by atoms with Crippen molar-refractivity contribution >= 4 is 18.0 Å². The lowest BCUT2D eigenvalue weighted by Gasteiger charge is -2.37. The third kappa shape index (κ3) is 3.17. The van der Waals surface area contributed by atoms with Gasteiger partial charge in [-0.2, -0.15) is 0 Å². The summed E-state index contributed by atoms with van der Waals surface area (Å²) in [6, 6.07) is 6.43. The highest BCUT2D eigenvalue weighted by molar-refractivity contribution is 5.92. The summed E-state index contributed by atoms with van der Waals surface area (Å²) in [4.78, 5) is 22.8. The minimum Gasteiger partial charge on any atom is -0.508 e. The van der Waals surface area contributed by atoms with Crippen LogP contribution in [0.2, 0.25) is 0 Å². The lowest BCUT2D eigenvalue weighted by Crippen LogP contribution is -2.47. The molecule has 1 aromatic rings. The van der Waals surface area contributed by atoms with E-state index in [2.05, 4.69) is 5.32 Å². The first-order valence-electron chi connectivity index (χ1n) is 6.50. The maximum Gasteiger partial charge on any atom is 0.311 e. The molecule has 5 nitrogen and oxygen atoms in total. The number of phenols is 1.